The van der Waals surface area contributed by atoms with E-state index in [2.05, 4.69) is 5.32 Å². The molecule has 2 rings (SSSR count). The van der Waals surface area contributed by atoms with Crippen LogP contribution in [0.5, 0.6) is 0 Å². The van der Waals surface area contributed by atoms with E-state index in [1.165, 1.54) is 29.0 Å². The van der Waals surface area contributed by atoms with Crippen LogP contribution in [0.4, 0.5) is 11.4 Å². The van der Waals surface area contributed by atoms with Gasteiger partial charge in [0.25, 0.3) is 11.2 Å². The molecule has 0 saturated carbocycles. The van der Waals surface area contributed by atoms with Crippen LogP contribution in [0.2, 0.25) is 5.02 Å². The molecule has 114 valence electrons. The first kappa shape index (κ1) is 15.7. The van der Waals surface area contributed by atoms with E-state index < -0.39 is 10.8 Å². The van der Waals surface area contributed by atoms with Crippen LogP contribution < -0.4 is 10.9 Å². The third kappa shape index (κ3) is 3.50. The molecule has 1 N–H and O–H groups in total. The summed E-state index contributed by atoms with van der Waals surface area (Å²) in [6.45, 7) is 1.47. The molecule has 0 fully saturated rings. The number of hydrogen-bond donors (Lipinski definition) is 1. The van der Waals surface area contributed by atoms with Crippen molar-refractivity contribution in [3.05, 3.63) is 67.6 Å². The Hall–Kier alpha value is -2.67. The summed E-state index contributed by atoms with van der Waals surface area (Å²) in [5, 5.41) is 13.3. The molecule has 1 aromatic carbocycles. The summed E-state index contributed by atoms with van der Waals surface area (Å²) in [4.78, 5) is 33.9. The van der Waals surface area contributed by atoms with Crippen molar-refractivity contribution in [2.45, 2.75) is 13.5 Å². The molecule has 0 aliphatic carbocycles. The Bertz CT molecular complexity index is 801. The normalized spacial score (nSPS) is 10.3. The van der Waals surface area contributed by atoms with Crippen molar-refractivity contribution in [2.24, 2.45) is 0 Å². The molecule has 0 bridgehead atoms. The topological polar surface area (TPSA) is 94.2 Å². The van der Waals surface area contributed by atoms with Crippen LogP contribution in [-0.2, 0) is 11.3 Å². The maximum Gasteiger partial charge on any atom is 0.289 e. The summed E-state index contributed by atoms with van der Waals surface area (Å²) >= 11 is 5.70. The van der Waals surface area contributed by atoms with Crippen molar-refractivity contribution in [3.8, 4) is 0 Å². The van der Waals surface area contributed by atoms with Gasteiger partial charge in [-0.25, -0.2) is 0 Å². The van der Waals surface area contributed by atoms with Gasteiger partial charge in [-0.2, -0.15) is 0 Å². The van der Waals surface area contributed by atoms with Gasteiger partial charge in [0, 0.05) is 23.5 Å². The Balaban J connectivity index is 2.16. The SMILES string of the molecule is Cc1cccn(CC(=O)Nc2ccc(Cl)c([N+](=O)[O-])c2)c1=O. The van der Waals surface area contributed by atoms with Gasteiger partial charge in [0.1, 0.15) is 11.6 Å². The van der Waals surface area contributed by atoms with Crippen molar-refractivity contribution in [3.63, 3.8) is 0 Å². The summed E-state index contributed by atoms with van der Waals surface area (Å²) < 4.78 is 1.26. The van der Waals surface area contributed by atoms with Crippen molar-refractivity contribution in [1.29, 1.82) is 0 Å². The smallest absolute Gasteiger partial charge is 0.289 e. The van der Waals surface area contributed by atoms with Crippen molar-refractivity contribution < 1.29 is 9.72 Å². The zero-order valence-corrected chi connectivity index (χ0v) is 12.3. The number of carbonyl (C=O) groups excluding carboxylic acids is 1. The number of nitrogens with one attached hydrogen (secondary N) is 1. The van der Waals surface area contributed by atoms with Gasteiger partial charge >= 0.3 is 0 Å². The number of aromatic nitrogens is 1. The average Bonchev–Trinajstić information content (AvgIpc) is 2.45. The van der Waals surface area contributed by atoms with E-state index in [-0.39, 0.29) is 28.5 Å². The van der Waals surface area contributed by atoms with Crippen molar-refractivity contribution in [1.82, 2.24) is 4.57 Å². The Morgan fingerprint density at radius 3 is 2.82 bits per heavy atom. The van der Waals surface area contributed by atoms with Gasteiger partial charge in [-0.3, -0.25) is 19.7 Å². The predicted octanol–water partition coefficient (Wildman–Crippen LogP) is 2.36. The largest absolute Gasteiger partial charge is 0.324 e. The van der Waals surface area contributed by atoms with Gasteiger partial charge in [0.15, 0.2) is 0 Å². The first-order chi connectivity index (χ1) is 10.4. The van der Waals surface area contributed by atoms with Gasteiger partial charge < -0.3 is 9.88 Å². The lowest BCUT2D eigenvalue weighted by Gasteiger charge is -2.08. The molecule has 22 heavy (non-hydrogen) atoms. The van der Waals surface area contributed by atoms with E-state index in [1.807, 2.05) is 0 Å². The number of anilines is 1. The quantitative estimate of drug-likeness (QED) is 0.690. The second-order valence-electron chi connectivity index (χ2n) is 4.60. The summed E-state index contributed by atoms with van der Waals surface area (Å²) in [5.74, 6) is -0.468. The average molecular weight is 322 g/mol. The number of nitrogens with zero attached hydrogens (tertiary/aromatic N) is 2. The third-order valence-corrected chi connectivity index (χ3v) is 3.27. The molecule has 1 heterocycles. The van der Waals surface area contributed by atoms with Crippen LogP contribution in [0.1, 0.15) is 5.56 Å². The minimum absolute atomic E-state index is 0.0158. The summed E-state index contributed by atoms with van der Waals surface area (Å²) in [6, 6.07) is 7.26. The predicted molar refractivity (Wildman–Crippen MR) is 82.2 cm³/mol. The van der Waals surface area contributed by atoms with Gasteiger partial charge in [-0.1, -0.05) is 17.7 Å². The number of carbonyl (C=O) groups is 1. The Kier molecular flexibility index (Phi) is 4.57. The summed E-state index contributed by atoms with van der Waals surface area (Å²) in [5.41, 5.74) is 0.200. The van der Waals surface area contributed by atoms with E-state index >= 15 is 0 Å². The second kappa shape index (κ2) is 6.40. The monoisotopic (exact) mass is 321 g/mol. The highest BCUT2D eigenvalue weighted by Crippen LogP contribution is 2.27. The summed E-state index contributed by atoms with van der Waals surface area (Å²) in [6.07, 6.45) is 1.50. The first-order valence-electron chi connectivity index (χ1n) is 6.28. The second-order valence-corrected chi connectivity index (χ2v) is 5.00. The minimum atomic E-state index is -0.636. The molecule has 0 radical (unpaired) electrons. The minimum Gasteiger partial charge on any atom is -0.324 e. The number of pyridine rings is 1. The van der Waals surface area contributed by atoms with E-state index in [0.717, 1.165) is 0 Å². The zero-order chi connectivity index (χ0) is 16.3. The van der Waals surface area contributed by atoms with Gasteiger partial charge in [0.05, 0.1) is 4.92 Å². The highest BCUT2D eigenvalue weighted by atomic mass is 35.5. The fraction of sp³-hybridized carbons (Fsp3) is 0.143. The standard InChI is InChI=1S/C14H12ClN3O4/c1-9-3-2-6-17(14(9)20)8-13(19)16-10-4-5-11(15)12(7-10)18(21)22/h2-7H,8H2,1H3,(H,16,19). The number of nitro groups is 1. The molecule has 7 nitrogen and oxygen atoms in total. The van der Waals surface area contributed by atoms with E-state index in [9.17, 15) is 19.7 Å². The molecule has 0 aliphatic heterocycles. The van der Waals surface area contributed by atoms with Crippen LogP contribution in [0.25, 0.3) is 0 Å². The molecule has 8 heteroatoms. The maximum absolute atomic E-state index is 11.9. The molecular formula is C14H12ClN3O4. The third-order valence-electron chi connectivity index (χ3n) is 2.95. The molecule has 0 spiro atoms. The van der Waals surface area contributed by atoms with Crippen LogP contribution in [-0.4, -0.2) is 15.4 Å². The van der Waals surface area contributed by atoms with Gasteiger partial charge in [-0.15, -0.1) is 0 Å². The van der Waals surface area contributed by atoms with Crippen molar-refractivity contribution in [2.75, 3.05) is 5.32 Å². The number of benzene rings is 1. The van der Waals surface area contributed by atoms with Gasteiger partial charge in [-0.05, 0) is 25.1 Å². The van der Waals surface area contributed by atoms with Crippen LogP contribution in [0, 0.1) is 17.0 Å². The fourth-order valence-corrected chi connectivity index (χ4v) is 2.05. The first-order valence-corrected chi connectivity index (χ1v) is 6.66. The van der Waals surface area contributed by atoms with Gasteiger partial charge in [0.2, 0.25) is 5.91 Å². The maximum atomic E-state index is 11.9. The number of aryl methyl sites for hydroxylation is 1. The van der Waals surface area contributed by atoms with E-state index in [4.69, 9.17) is 11.6 Å². The lowest BCUT2D eigenvalue weighted by molar-refractivity contribution is -0.384. The van der Waals surface area contributed by atoms with Crippen LogP contribution >= 0.6 is 11.6 Å². The number of halogens is 1. The Morgan fingerprint density at radius 2 is 2.14 bits per heavy atom. The van der Waals surface area contributed by atoms with Crippen LogP contribution in [0.3, 0.4) is 0 Å². The molecule has 0 atom stereocenters. The highest BCUT2D eigenvalue weighted by molar-refractivity contribution is 6.32. The van der Waals surface area contributed by atoms with E-state index in [1.54, 1.807) is 19.1 Å². The molecule has 1 amide bonds. The Labute approximate surface area is 130 Å². The fourth-order valence-electron chi connectivity index (χ4n) is 1.87. The summed E-state index contributed by atoms with van der Waals surface area (Å²) in [7, 11) is 0. The lowest BCUT2D eigenvalue weighted by atomic mass is 10.2. The molecule has 0 saturated heterocycles. The molecule has 0 unspecified atom stereocenters. The van der Waals surface area contributed by atoms with Crippen LogP contribution in [0.15, 0.2) is 41.3 Å². The van der Waals surface area contributed by atoms with Crippen molar-refractivity contribution >= 4 is 28.9 Å². The lowest BCUT2D eigenvalue weighted by Crippen LogP contribution is -2.28. The number of amides is 1. The molecule has 2 aromatic rings. The Morgan fingerprint density at radius 1 is 1.41 bits per heavy atom. The highest BCUT2D eigenvalue weighted by Gasteiger charge is 2.14. The number of rotatable bonds is 4. The number of hydrogen-bond acceptors (Lipinski definition) is 4. The molecule has 1 aromatic heterocycles. The zero-order valence-electron chi connectivity index (χ0n) is 11.6. The van der Waals surface area contributed by atoms with E-state index in [0.29, 0.717) is 5.56 Å². The molecular weight excluding hydrogens is 310 g/mol. The number of nitro benzene ring substituents is 1. The molecule has 0 aliphatic rings.